The van der Waals surface area contributed by atoms with Crippen molar-refractivity contribution in [3.05, 3.63) is 35.9 Å². The second-order valence-electron chi connectivity index (χ2n) is 5.90. The number of rotatable bonds is 11. The van der Waals surface area contributed by atoms with E-state index in [0.29, 0.717) is 5.56 Å². The second-order valence-corrected chi connectivity index (χ2v) is 8.33. The Kier molecular flexibility index (Phi) is 7.80. The summed E-state index contributed by atoms with van der Waals surface area (Å²) in [4.78, 5) is 43.2. The molecule has 3 unspecified atom stereocenters. The number of carbonyl (C=O) groups is 3. The summed E-state index contributed by atoms with van der Waals surface area (Å²) in [6.07, 6.45) is -1.88. The smallest absolute Gasteiger partial charge is 0.307 e. The van der Waals surface area contributed by atoms with E-state index in [1.54, 1.807) is 30.3 Å². The quantitative estimate of drug-likeness (QED) is 0.429. The average molecular weight is 372 g/mol. The van der Waals surface area contributed by atoms with Crippen molar-refractivity contribution >= 4 is 25.3 Å². The molecular formula is C16H21O8P. The lowest BCUT2D eigenvalue weighted by Gasteiger charge is -2.20. The van der Waals surface area contributed by atoms with Crippen LogP contribution in [0.25, 0.3) is 0 Å². The lowest BCUT2D eigenvalue weighted by atomic mass is 10.0. The fourth-order valence-electron chi connectivity index (χ4n) is 2.48. The van der Waals surface area contributed by atoms with Crippen LogP contribution in [0.5, 0.6) is 0 Å². The van der Waals surface area contributed by atoms with E-state index >= 15 is 0 Å². The molecule has 0 aliphatic rings. The highest BCUT2D eigenvalue weighted by Gasteiger charge is 2.34. The fraction of sp³-hybridized carbons (Fsp3) is 0.438. The molecule has 4 N–H and O–H groups in total. The Morgan fingerprint density at radius 3 is 1.92 bits per heavy atom. The van der Waals surface area contributed by atoms with Crippen molar-refractivity contribution in [3.8, 4) is 0 Å². The zero-order valence-corrected chi connectivity index (χ0v) is 14.3. The van der Waals surface area contributed by atoms with Gasteiger partial charge in [-0.2, -0.15) is 0 Å². The van der Waals surface area contributed by atoms with Crippen LogP contribution < -0.4 is 0 Å². The maximum atomic E-state index is 12.4. The molecule has 1 aromatic carbocycles. The van der Waals surface area contributed by atoms with E-state index in [1.165, 1.54) is 0 Å². The molecule has 9 heteroatoms. The predicted molar refractivity (Wildman–Crippen MR) is 88.8 cm³/mol. The number of carboxylic acid groups (broad SMARTS) is 3. The van der Waals surface area contributed by atoms with Crippen LogP contribution in [-0.4, -0.2) is 50.4 Å². The second kappa shape index (κ2) is 9.34. The van der Waals surface area contributed by atoms with E-state index in [0.717, 1.165) is 0 Å². The summed E-state index contributed by atoms with van der Waals surface area (Å²) in [7, 11) is -4.06. The maximum absolute atomic E-state index is 12.4. The topological polar surface area (TPSA) is 149 Å². The van der Waals surface area contributed by atoms with Crippen LogP contribution in [0, 0.1) is 11.8 Å². The van der Waals surface area contributed by atoms with E-state index in [4.69, 9.17) is 10.2 Å². The highest BCUT2D eigenvalue weighted by Crippen LogP contribution is 2.45. The summed E-state index contributed by atoms with van der Waals surface area (Å²) in [6.45, 7) is 0. The average Bonchev–Trinajstić information content (AvgIpc) is 2.51. The lowest BCUT2D eigenvalue weighted by Crippen LogP contribution is -2.25. The van der Waals surface area contributed by atoms with Crippen molar-refractivity contribution in [2.45, 2.75) is 19.3 Å². The minimum absolute atomic E-state index is 0.0492. The third kappa shape index (κ3) is 7.96. The number of benzene rings is 1. The van der Waals surface area contributed by atoms with Crippen LogP contribution in [0.1, 0.15) is 18.4 Å². The number of hydrogen-bond acceptors (Lipinski definition) is 4. The molecule has 0 saturated carbocycles. The molecular weight excluding hydrogens is 351 g/mol. The fourth-order valence-corrected chi connectivity index (χ4v) is 4.63. The van der Waals surface area contributed by atoms with Crippen LogP contribution in [-0.2, 0) is 25.4 Å². The van der Waals surface area contributed by atoms with Gasteiger partial charge in [-0.1, -0.05) is 30.3 Å². The van der Waals surface area contributed by atoms with Crippen LogP contribution in [0.3, 0.4) is 0 Å². The molecule has 0 bridgehead atoms. The maximum Gasteiger partial charge on any atom is 0.307 e. The molecule has 0 aromatic heterocycles. The van der Waals surface area contributed by atoms with Gasteiger partial charge < -0.3 is 20.2 Å². The first-order valence-corrected chi connectivity index (χ1v) is 9.66. The third-order valence-corrected chi connectivity index (χ3v) is 5.76. The van der Waals surface area contributed by atoms with Crippen LogP contribution >= 0.6 is 7.37 Å². The van der Waals surface area contributed by atoms with Gasteiger partial charge in [0.05, 0.1) is 11.8 Å². The lowest BCUT2D eigenvalue weighted by molar-refractivity contribution is -0.142. The molecule has 1 rings (SSSR count). The van der Waals surface area contributed by atoms with Crippen LogP contribution in [0.4, 0.5) is 0 Å². The van der Waals surface area contributed by atoms with E-state index in [1.807, 2.05) is 0 Å². The minimum Gasteiger partial charge on any atom is -0.481 e. The highest BCUT2D eigenvalue weighted by molar-refractivity contribution is 7.58. The first-order valence-electron chi connectivity index (χ1n) is 7.63. The number of carboxylic acids is 3. The summed E-state index contributed by atoms with van der Waals surface area (Å²) in [5.41, 5.74) is 0.690. The third-order valence-electron chi connectivity index (χ3n) is 3.74. The Bertz CT molecular complexity index is 657. The Hall–Kier alpha value is -2.18. The molecule has 8 nitrogen and oxygen atoms in total. The zero-order chi connectivity index (χ0) is 19.0. The molecule has 25 heavy (non-hydrogen) atoms. The Morgan fingerprint density at radius 1 is 0.920 bits per heavy atom. The SMILES string of the molecule is O=C(O)CCC(CP(=O)(O)CC(Cc1ccccc1)C(=O)O)C(=O)O. The first kappa shape index (κ1) is 20.9. The molecule has 1 aromatic rings. The van der Waals surface area contributed by atoms with Crippen molar-refractivity contribution in [2.24, 2.45) is 11.8 Å². The van der Waals surface area contributed by atoms with E-state index in [9.17, 15) is 28.9 Å². The van der Waals surface area contributed by atoms with Crippen molar-refractivity contribution < 1.29 is 39.2 Å². The van der Waals surface area contributed by atoms with Gasteiger partial charge in [0.15, 0.2) is 0 Å². The molecule has 0 saturated heterocycles. The summed E-state index contributed by atoms with van der Waals surface area (Å²) < 4.78 is 12.4. The van der Waals surface area contributed by atoms with Crippen LogP contribution in [0.2, 0.25) is 0 Å². The van der Waals surface area contributed by atoms with Crippen molar-refractivity contribution in [1.29, 1.82) is 0 Å². The van der Waals surface area contributed by atoms with Gasteiger partial charge in [0.1, 0.15) is 0 Å². The van der Waals surface area contributed by atoms with E-state index in [-0.39, 0.29) is 12.8 Å². The summed E-state index contributed by atoms with van der Waals surface area (Å²) in [5.74, 6) is -6.25. The van der Waals surface area contributed by atoms with Gasteiger partial charge in [-0.05, 0) is 18.4 Å². The minimum atomic E-state index is -4.06. The molecule has 3 atom stereocenters. The predicted octanol–water partition coefficient (Wildman–Crippen LogP) is 1.77. The number of hydrogen-bond donors (Lipinski definition) is 4. The van der Waals surface area contributed by atoms with Crippen LogP contribution in [0.15, 0.2) is 30.3 Å². The Balaban J connectivity index is 2.79. The zero-order valence-electron chi connectivity index (χ0n) is 13.4. The van der Waals surface area contributed by atoms with Gasteiger partial charge in [0.25, 0.3) is 0 Å². The van der Waals surface area contributed by atoms with Gasteiger partial charge in [-0.25, -0.2) is 0 Å². The van der Waals surface area contributed by atoms with Crippen molar-refractivity contribution in [3.63, 3.8) is 0 Å². The molecule has 0 fully saturated rings. The normalized spacial score (nSPS) is 15.7. The van der Waals surface area contributed by atoms with E-state index in [2.05, 4.69) is 0 Å². The van der Waals surface area contributed by atoms with Crippen molar-refractivity contribution in [1.82, 2.24) is 0 Å². The summed E-state index contributed by atoms with van der Waals surface area (Å²) >= 11 is 0. The molecule has 0 radical (unpaired) electrons. The van der Waals surface area contributed by atoms with Crippen molar-refractivity contribution in [2.75, 3.05) is 12.3 Å². The van der Waals surface area contributed by atoms with Gasteiger partial charge in [-0.3, -0.25) is 18.9 Å². The molecule has 0 spiro atoms. The van der Waals surface area contributed by atoms with E-state index < -0.39 is 55.9 Å². The Labute approximate surface area is 144 Å². The van der Waals surface area contributed by atoms with Gasteiger partial charge in [-0.15, -0.1) is 0 Å². The molecule has 0 aliphatic heterocycles. The monoisotopic (exact) mass is 372 g/mol. The first-order chi connectivity index (χ1) is 11.6. The highest BCUT2D eigenvalue weighted by atomic mass is 31.2. The molecule has 0 heterocycles. The largest absolute Gasteiger partial charge is 0.481 e. The van der Waals surface area contributed by atoms with Gasteiger partial charge >= 0.3 is 17.9 Å². The molecule has 138 valence electrons. The Morgan fingerprint density at radius 2 is 1.44 bits per heavy atom. The van der Waals surface area contributed by atoms with Gasteiger partial charge in [0, 0.05) is 18.7 Å². The number of aliphatic carboxylic acids is 3. The molecule has 0 amide bonds. The van der Waals surface area contributed by atoms with Gasteiger partial charge in [0.2, 0.25) is 7.37 Å². The summed E-state index contributed by atoms with van der Waals surface area (Å²) in [6, 6.07) is 8.60. The standard InChI is InChI=1S/C16H21O8P/c17-14(18)7-6-12(15(19)20)9-25(23,24)10-13(16(21)22)8-11-4-2-1-3-5-11/h1-5,12-13H,6-10H2,(H,17,18)(H,19,20)(H,21,22)(H,23,24). The summed E-state index contributed by atoms with van der Waals surface area (Å²) in [5, 5.41) is 27.0. The molecule has 0 aliphatic carbocycles.